The Morgan fingerprint density at radius 3 is 1.42 bits per heavy atom. The summed E-state index contributed by atoms with van der Waals surface area (Å²) in [6.45, 7) is 2.33. The molecule has 4 rings (SSSR count). The van der Waals surface area contributed by atoms with Gasteiger partial charge in [-0.25, -0.2) is 8.78 Å². The van der Waals surface area contributed by atoms with Crippen molar-refractivity contribution in [2.24, 2.45) is 35.5 Å². The molecule has 3 aliphatic rings. The van der Waals surface area contributed by atoms with Gasteiger partial charge in [-0.15, -0.1) is 13.2 Å². The molecule has 0 aromatic heterocycles. The van der Waals surface area contributed by atoms with E-state index < -0.39 is 41.5 Å². The second kappa shape index (κ2) is 11.0. The van der Waals surface area contributed by atoms with Crippen molar-refractivity contribution in [3.63, 3.8) is 0 Å². The predicted molar refractivity (Wildman–Crippen MR) is 121 cm³/mol. The van der Waals surface area contributed by atoms with Gasteiger partial charge in [-0.1, -0.05) is 19.8 Å². The molecular weight excluding hydrogens is 489 g/mol. The molecule has 0 amide bonds. The average molecular weight is 525 g/mol. The molecule has 9 heteroatoms. The normalized spacial score (nSPS) is 32.2. The van der Waals surface area contributed by atoms with Crippen LogP contribution in [-0.2, 0) is 0 Å². The summed E-state index contributed by atoms with van der Waals surface area (Å²) in [6, 6.07) is 0.574. The van der Waals surface area contributed by atoms with Crippen molar-refractivity contribution in [3.8, 4) is 11.5 Å². The quantitative estimate of drug-likeness (QED) is 0.345. The van der Waals surface area contributed by atoms with Crippen LogP contribution in [0.2, 0.25) is 0 Å². The maximum absolute atomic E-state index is 14.8. The Hall–Kier alpha value is -1.67. The molecule has 3 saturated carbocycles. The average Bonchev–Trinajstić information content (AvgIpc) is 2.81. The van der Waals surface area contributed by atoms with E-state index in [-0.39, 0.29) is 25.0 Å². The second-order valence-corrected chi connectivity index (χ2v) is 11.2. The van der Waals surface area contributed by atoms with E-state index in [1.165, 1.54) is 38.5 Å². The number of rotatable bonds is 6. The smallest absolute Gasteiger partial charge is 0.432 e. The zero-order valence-electron chi connectivity index (χ0n) is 20.6. The highest BCUT2D eigenvalue weighted by molar-refractivity contribution is 5.35. The third-order valence-electron chi connectivity index (χ3n) is 8.90. The first kappa shape index (κ1) is 27.4. The molecule has 1 aromatic rings. The van der Waals surface area contributed by atoms with E-state index in [1.54, 1.807) is 0 Å². The minimum absolute atomic E-state index is 0.234. The SMILES string of the molecule is CC1CCC(C2CCC(C3CCC(C(F)(F)Oc4cc(F)c(OC(F)(F)F)c(F)c4)CC3)CC2)CC1. The van der Waals surface area contributed by atoms with Gasteiger partial charge in [-0.2, -0.15) is 8.78 Å². The van der Waals surface area contributed by atoms with Gasteiger partial charge in [0.15, 0.2) is 11.6 Å². The van der Waals surface area contributed by atoms with Crippen LogP contribution in [0.15, 0.2) is 12.1 Å². The summed E-state index contributed by atoms with van der Waals surface area (Å²) in [5.74, 6) is -3.77. The van der Waals surface area contributed by atoms with Gasteiger partial charge >= 0.3 is 12.5 Å². The van der Waals surface area contributed by atoms with Gasteiger partial charge in [0.1, 0.15) is 5.75 Å². The van der Waals surface area contributed by atoms with Crippen LogP contribution >= 0.6 is 0 Å². The molecule has 1 aromatic carbocycles. The van der Waals surface area contributed by atoms with E-state index in [1.807, 2.05) is 0 Å². The van der Waals surface area contributed by atoms with Crippen LogP contribution in [0.4, 0.5) is 30.7 Å². The molecule has 36 heavy (non-hydrogen) atoms. The highest BCUT2D eigenvalue weighted by Gasteiger charge is 2.45. The van der Waals surface area contributed by atoms with Crippen LogP contribution < -0.4 is 9.47 Å². The van der Waals surface area contributed by atoms with E-state index in [9.17, 15) is 30.7 Å². The van der Waals surface area contributed by atoms with Crippen LogP contribution in [0, 0.1) is 47.1 Å². The van der Waals surface area contributed by atoms with Crippen molar-refractivity contribution in [1.29, 1.82) is 0 Å². The lowest BCUT2D eigenvalue weighted by molar-refractivity contribution is -0.276. The molecular formula is C27H35F7O2. The van der Waals surface area contributed by atoms with E-state index in [2.05, 4.69) is 16.4 Å². The van der Waals surface area contributed by atoms with Gasteiger partial charge in [-0.05, 0) is 93.8 Å². The van der Waals surface area contributed by atoms with Crippen molar-refractivity contribution in [2.45, 2.75) is 96.4 Å². The fourth-order valence-electron chi connectivity index (χ4n) is 6.82. The highest BCUT2D eigenvalue weighted by atomic mass is 19.4. The number of hydrogen-bond donors (Lipinski definition) is 0. The number of ether oxygens (including phenoxy) is 2. The molecule has 0 N–H and O–H groups in total. The van der Waals surface area contributed by atoms with Crippen molar-refractivity contribution in [1.82, 2.24) is 0 Å². The van der Waals surface area contributed by atoms with Crippen LogP contribution in [-0.4, -0.2) is 12.5 Å². The van der Waals surface area contributed by atoms with Crippen LogP contribution in [0.3, 0.4) is 0 Å². The van der Waals surface area contributed by atoms with Gasteiger partial charge < -0.3 is 9.47 Å². The molecule has 3 fully saturated rings. The standard InChI is InChI=1S/C27H35F7O2/c1-16-2-4-17(5-3-16)18-6-8-19(9-7-18)20-10-12-21(13-11-20)26(30,31)35-22-14-23(28)25(24(29)15-22)36-27(32,33)34/h14-21H,2-13H2,1H3. The van der Waals surface area contributed by atoms with Gasteiger partial charge in [-0.3, -0.25) is 0 Å². The second-order valence-electron chi connectivity index (χ2n) is 11.2. The largest absolute Gasteiger partial charge is 0.573 e. The summed E-state index contributed by atoms with van der Waals surface area (Å²) in [5, 5.41) is 0. The Kier molecular flexibility index (Phi) is 8.35. The maximum Gasteiger partial charge on any atom is 0.573 e. The Morgan fingerprint density at radius 2 is 1.00 bits per heavy atom. The lowest BCUT2D eigenvalue weighted by atomic mass is 9.65. The lowest BCUT2D eigenvalue weighted by Gasteiger charge is -2.41. The van der Waals surface area contributed by atoms with Crippen molar-refractivity contribution < 1.29 is 40.2 Å². The topological polar surface area (TPSA) is 18.5 Å². The third kappa shape index (κ3) is 6.80. The molecule has 0 bridgehead atoms. The summed E-state index contributed by atoms with van der Waals surface area (Å²) < 4.78 is 102. The first-order valence-electron chi connectivity index (χ1n) is 13.2. The summed E-state index contributed by atoms with van der Waals surface area (Å²) >= 11 is 0. The molecule has 2 nitrogen and oxygen atoms in total. The molecule has 3 aliphatic carbocycles. The van der Waals surface area contributed by atoms with Crippen molar-refractivity contribution in [3.05, 3.63) is 23.8 Å². The third-order valence-corrected chi connectivity index (χ3v) is 8.90. The summed E-state index contributed by atoms with van der Waals surface area (Å²) in [7, 11) is 0. The monoisotopic (exact) mass is 524 g/mol. The number of halogens is 7. The minimum atomic E-state index is -5.32. The Bertz CT molecular complexity index is 840. The molecule has 0 unspecified atom stereocenters. The Labute approximate surface area is 207 Å². The number of benzene rings is 1. The summed E-state index contributed by atoms with van der Waals surface area (Å²) in [5.41, 5.74) is 0. The molecule has 0 atom stereocenters. The van der Waals surface area contributed by atoms with Crippen LogP contribution in [0.25, 0.3) is 0 Å². The van der Waals surface area contributed by atoms with E-state index in [4.69, 9.17) is 0 Å². The van der Waals surface area contributed by atoms with Crippen LogP contribution in [0.1, 0.15) is 84.0 Å². The van der Waals surface area contributed by atoms with E-state index in [0.717, 1.165) is 30.6 Å². The highest BCUT2D eigenvalue weighted by Crippen LogP contribution is 2.48. The van der Waals surface area contributed by atoms with E-state index in [0.29, 0.717) is 24.7 Å². The molecule has 0 spiro atoms. The minimum Gasteiger partial charge on any atom is -0.432 e. The molecule has 0 saturated heterocycles. The van der Waals surface area contributed by atoms with Gasteiger partial charge in [0.2, 0.25) is 5.75 Å². The van der Waals surface area contributed by atoms with Gasteiger partial charge in [0.25, 0.3) is 0 Å². The number of alkyl halides is 5. The lowest BCUT2D eigenvalue weighted by Crippen LogP contribution is -2.38. The molecule has 0 heterocycles. The van der Waals surface area contributed by atoms with Gasteiger partial charge in [0, 0.05) is 12.1 Å². The van der Waals surface area contributed by atoms with Crippen molar-refractivity contribution in [2.75, 3.05) is 0 Å². The fraction of sp³-hybridized carbons (Fsp3) is 0.778. The van der Waals surface area contributed by atoms with Gasteiger partial charge in [0.05, 0.1) is 5.92 Å². The zero-order chi connectivity index (χ0) is 26.1. The fourth-order valence-corrected chi connectivity index (χ4v) is 6.82. The van der Waals surface area contributed by atoms with Crippen molar-refractivity contribution >= 4 is 0 Å². The zero-order valence-corrected chi connectivity index (χ0v) is 20.6. The first-order valence-corrected chi connectivity index (χ1v) is 13.2. The maximum atomic E-state index is 14.8. The number of hydrogen-bond acceptors (Lipinski definition) is 2. The summed E-state index contributed by atoms with van der Waals surface area (Å²) in [4.78, 5) is 0. The summed E-state index contributed by atoms with van der Waals surface area (Å²) in [6.07, 6.45) is 2.87. The Balaban J connectivity index is 1.27. The predicted octanol–water partition coefficient (Wildman–Crippen LogP) is 9.27. The van der Waals surface area contributed by atoms with E-state index >= 15 is 0 Å². The molecule has 0 aliphatic heterocycles. The first-order chi connectivity index (χ1) is 16.9. The Morgan fingerprint density at radius 1 is 0.611 bits per heavy atom. The molecule has 0 radical (unpaired) electrons. The molecule has 204 valence electrons. The van der Waals surface area contributed by atoms with Crippen LogP contribution in [0.5, 0.6) is 11.5 Å².